The van der Waals surface area contributed by atoms with Crippen molar-refractivity contribution < 1.29 is 22.7 Å². The molecule has 1 saturated heterocycles. The average molecular weight is 556 g/mol. The number of hydrogen-bond donors (Lipinski definition) is 1. The Balaban J connectivity index is 2.17. The van der Waals surface area contributed by atoms with Crippen molar-refractivity contribution in [3.8, 4) is 0 Å². The van der Waals surface area contributed by atoms with Gasteiger partial charge in [-0.2, -0.15) is 0 Å². The SMILES string of the molecule is CNC(=O)C[C@H]1O[C@H](c2cccc(Cl)c2)[C@@H](c2ccc(Cl)cc2)N(C(C)CS(=O)(=O)C(C)(C)C)C1=O. The molecular formula is C26H32Cl2N2O5S. The fourth-order valence-corrected chi connectivity index (χ4v) is 5.86. The molecule has 1 unspecified atom stereocenters. The Morgan fingerprint density at radius 1 is 1.08 bits per heavy atom. The second kappa shape index (κ2) is 11.1. The van der Waals surface area contributed by atoms with Crippen molar-refractivity contribution in [3.05, 3.63) is 69.7 Å². The van der Waals surface area contributed by atoms with Crippen molar-refractivity contribution >= 4 is 44.9 Å². The van der Waals surface area contributed by atoms with Crippen LogP contribution in [-0.2, 0) is 24.2 Å². The molecule has 0 aromatic heterocycles. The molecule has 1 aliphatic rings. The molecule has 196 valence electrons. The van der Waals surface area contributed by atoms with Gasteiger partial charge in [0.15, 0.2) is 9.84 Å². The van der Waals surface area contributed by atoms with Gasteiger partial charge in [0.05, 0.1) is 23.0 Å². The minimum Gasteiger partial charge on any atom is -0.359 e. The average Bonchev–Trinajstić information content (AvgIpc) is 2.79. The zero-order chi connectivity index (χ0) is 26.8. The van der Waals surface area contributed by atoms with Gasteiger partial charge in [0.1, 0.15) is 12.2 Å². The molecule has 0 aliphatic carbocycles. The first-order chi connectivity index (χ1) is 16.7. The summed E-state index contributed by atoms with van der Waals surface area (Å²) in [6, 6.07) is 12.7. The van der Waals surface area contributed by atoms with Gasteiger partial charge in [-0.25, -0.2) is 8.42 Å². The molecule has 1 N–H and O–H groups in total. The summed E-state index contributed by atoms with van der Waals surface area (Å²) in [5.41, 5.74) is 1.42. The quantitative estimate of drug-likeness (QED) is 0.533. The summed E-state index contributed by atoms with van der Waals surface area (Å²) in [5.74, 6) is -1.06. The fraction of sp³-hybridized carbons (Fsp3) is 0.462. The van der Waals surface area contributed by atoms with E-state index in [4.69, 9.17) is 27.9 Å². The van der Waals surface area contributed by atoms with Crippen LogP contribution in [0.2, 0.25) is 10.0 Å². The molecule has 10 heteroatoms. The van der Waals surface area contributed by atoms with Gasteiger partial charge in [-0.1, -0.05) is 47.5 Å². The van der Waals surface area contributed by atoms with E-state index in [0.29, 0.717) is 15.6 Å². The number of amides is 2. The molecule has 3 rings (SSSR count). The maximum Gasteiger partial charge on any atom is 0.253 e. The molecule has 0 radical (unpaired) electrons. The molecular weight excluding hydrogens is 523 g/mol. The van der Waals surface area contributed by atoms with Gasteiger partial charge in [-0.3, -0.25) is 9.59 Å². The summed E-state index contributed by atoms with van der Waals surface area (Å²) in [5, 5.41) is 3.53. The van der Waals surface area contributed by atoms with Gasteiger partial charge >= 0.3 is 0 Å². The fourth-order valence-electron chi connectivity index (χ4n) is 4.24. The highest BCUT2D eigenvalue weighted by atomic mass is 35.5. The first kappa shape index (κ1) is 28.4. The molecule has 2 amide bonds. The highest BCUT2D eigenvalue weighted by molar-refractivity contribution is 7.92. The van der Waals surface area contributed by atoms with Crippen molar-refractivity contribution in [1.29, 1.82) is 0 Å². The third-order valence-corrected chi connectivity index (χ3v) is 9.61. The van der Waals surface area contributed by atoms with Gasteiger partial charge in [0.25, 0.3) is 5.91 Å². The molecule has 2 aromatic carbocycles. The number of ether oxygens (including phenoxy) is 1. The standard InChI is InChI=1S/C26H32Cl2N2O5S/c1-16(15-36(33,34)26(2,3)4)30-23(17-9-11-19(27)12-10-17)24(18-7-6-8-20(28)13-18)35-21(25(30)32)14-22(31)29-5/h6-13,16,21,23-24H,14-15H2,1-5H3,(H,29,31)/t16?,21-,23-,24-/m1/s1. The Bertz CT molecular complexity index is 1210. The summed E-state index contributed by atoms with van der Waals surface area (Å²) in [7, 11) is -2.09. The van der Waals surface area contributed by atoms with Gasteiger partial charge in [-0.15, -0.1) is 0 Å². The smallest absolute Gasteiger partial charge is 0.253 e. The van der Waals surface area contributed by atoms with Gasteiger partial charge in [-0.05, 0) is 63.1 Å². The zero-order valence-electron chi connectivity index (χ0n) is 21.0. The number of sulfone groups is 1. The first-order valence-corrected chi connectivity index (χ1v) is 14.1. The Morgan fingerprint density at radius 3 is 2.28 bits per heavy atom. The van der Waals surface area contributed by atoms with Crippen LogP contribution in [0, 0.1) is 0 Å². The highest BCUT2D eigenvalue weighted by Gasteiger charge is 2.47. The van der Waals surface area contributed by atoms with Gasteiger partial charge in [0.2, 0.25) is 5.91 Å². The molecule has 36 heavy (non-hydrogen) atoms. The number of carbonyl (C=O) groups excluding carboxylic acids is 2. The maximum absolute atomic E-state index is 13.8. The van der Waals surface area contributed by atoms with E-state index >= 15 is 0 Å². The zero-order valence-corrected chi connectivity index (χ0v) is 23.3. The van der Waals surface area contributed by atoms with E-state index in [1.165, 1.54) is 7.05 Å². The lowest BCUT2D eigenvalue weighted by molar-refractivity contribution is -0.179. The molecule has 1 fully saturated rings. The third-order valence-electron chi connectivity index (χ3n) is 6.33. The van der Waals surface area contributed by atoms with E-state index in [9.17, 15) is 18.0 Å². The van der Waals surface area contributed by atoms with E-state index in [1.807, 2.05) is 6.07 Å². The second-order valence-electron chi connectivity index (χ2n) is 9.96. The van der Waals surface area contributed by atoms with Crippen LogP contribution in [0.3, 0.4) is 0 Å². The second-order valence-corrected chi connectivity index (χ2v) is 13.6. The van der Waals surface area contributed by atoms with Crippen LogP contribution in [-0.4, -0.2) is 54.8 Å². The summed E-state index contributed by atoms with van der Waals surface area (Å²) >= 11 is 12.4. The number of benzene rings is 2. The lowest BCUT2D eigenvalue weighted by Gasteiger charge is -2.47. The molecule has 1 aliphatic heterocycles. The number of rotatable bonds is 7. The van der Waals surface area contributed by atoms with Crippen LogP contribution in [0.15, 0.2) is 48.5 Å². The lowest BCUT2D eigenvalue weighted by atomic mass is 9.90. The monoisotopic (exact) mass is 554 g/mol. The van der Waals surface area contributed by atoms with E-state index in [-0.39, 0.29) is 18.1 Å². The van der Waals surface area contributed by atoms with Crippen molar-refractivity contribution in [1.82, 2.24) is 10.2 Å². The minimum atomic E-state index is -3.57. The predicted molar refractivity (Wildman–Crippen MR) is 142 cm³/mol. The Morgan fingerprint density at radius 2 is 1.72 bits per heavy atom. The van der Waals surface area contributed by atoms with Gasteiger partial charge < -0.3 is 15.0 Å². The first-order valence-electron chi connectivity index (χ1n) is 11.7. The van der Waals surface area contributed by atoms with Crippen LogP contribution < -0.4 is 5.32 Å². The largest absolute Gasteiger partial charge is 0.359 e. The molecule has 0 bridgehead atoms. The van der Waals surface area contributed by atoms with Crippen LogP contribution in [0.4, 0.5) is 0 Å². The number of nitrogens with zero attached hydrogens (tertiary/aromatic N) is 1. The normalized spacial score (nSPS) is 21.8. The number of hydrogen-bond acceptors (Lipinski definition) is 5. The summed E-state index contributed by atoms with van der Waals surface area (Å²) in [4.78, 5) is 27.6. The Hall–Kier alpha value is -2.13. The maximum atomic E-state index is 13.8. The number of morpholine rings is 1. The van der Waals surface area contributed by atoms with Crippen molar-refractivity contribution in [2.45, 2.75) is 63.2 Å². The summed E-state index contributed by atoms with van der Waals surface area (Å²) < 4.78 is 31.6. The van der Waals surface area contributed by atoms with Crippen LogP contribution in [0.25, 0.3) is 0 Å². The molecule has 7 nitrogen and oxygen atoms in total. The molecule has 0 spiro atoms. The third kappa shape index (κ3) is 6.22. The Kier molecular flexibility index (Phi) is 8.76. The molecule has 4 atom stereocenters. The van der Waals surface area contributed by atoms with Crippen molar-refractivity contribution in [2.75, 3.05) is 12.8 Å². The summed E-state index contributed by atoms with van der Waals surface area (Å²) in [6.07, 6.45) is -2.01. The minimum absolute atomic E-state index is 0.199. The topological polar surface area (TPSA) is 92.8 Å². The lowest BCUT2D eigenvalue weighted by Crippen LogP contribution is -2.56. The molecule has 1 heterocycles. The predicted octanol–water partition coefficient (Wildman–Crippen LogP) is 4.74. The van der Waals surface area contributed by atoms with Crippen molar-refractivity contribution in [2.24, 2.45) is 0 Å². The number of nitrogens with one attached hydrogen (secondary N) is 1. The Labute approximate surface area is 223 Å². The molecule has 2 aromatic rings. The van der Waals surface area contributed by atoms with Gasteiger partial charge in [0, 0.05) is 23.1 Å². The van der Waals surface area contributed by atoms with Crippen LogP contribution in [0.5, 0.6) is 0 Å². The van der Waals surface area contributed by atoms with E-state index in [1.54, 1.807) is 75.1 Å². The summed E-state index contributed by atoms with van der Waals surface area (Å²) in [6.45, 7) is 6.61. The van der Waals surface area contributed by atoms with Crippen molar-refractivity contribution in [3.63, 3.8) is 0 Å². The number of halogens is 2. The van der Waals surface area contributed by atoms with Crippen LogP contribution >= 0.6 is 23.2 Å². The van der Waals surface area contributed by atoms with E-state index in [0.717, 1.165) is 5.56 Å². The van der Waals surface area contributed by atoms with Crippen LogP contribution in [0.1, 0.15) is 57.4 Å². The molecule has 0 saturated carbocycles. The van der Waals surface area contributed by atoms with E-state index < -0.39 is 44.8 Å². The highest BCUT2D eigenvalue weighted by Crippen LogP contribution is 2.44. The number of carbonyl (C=O) groups is 2. The van der Waals surface area contributed by atoms with E-state index in [2.05, 4.69) is 5.32 Å².